The van der Waals surface area contributed by atoms with Gasteiger partial charge in [0.25, 0.3) is 5.56 Å². The van der Waals surface area contributed by atoms with Gasteiger partial charge in [-0.15, -0.1) is 0 Å². The molecule has 0 saturated heterocycles. The summed E-state index contributed by atoms with van der Waals surface area (Å²) in [5, 5.41) is 1.02. The number of hydrogen-bond acceptors (Lipinski definition) is 2. The lowest BCUT2D eigenvalue weighted by Gasteiger charge is -2.08. The molecule has 0 amide bonds. The summed E-state index contributed by atoms with van der Waals surface area (Å²) in [6, 6.07) is 9.04. The van der Waals surface area contributed by atoms with Gasteiger partial charge in [0.1, 0.15) is 0 Å². The summed E-state index contributed by atoms with van der Waals surface area (Å²) in [4.78, 5) is 11.6. The summed E-state index contributed by atoms with van der Waals surface area (Å²) >= 11 is 0. The van der Waals surface area contributed by atoms with E-state index in [1.807, 2.05) is 24.3 Å². The molecule has 3 heteroatoms. The van der Waals surface area contributed by atoms with Crippen LogP contribution in [0.2, 0.25) is 0 Å². The summed E-state index contributed by atoms with van der Waals surface area (Å²) in [6.07, 6.45) is 0.948. The number of nitrogens with zero attached hydrogens (tertiary/aromatic N) is 1. The van der Waals surface area contributed by atoms with E-state index in [0.29, 0.717) is 0 Å². The summed E-state index contributed by atoms with van der Waals surface area (Å²) in [5.41, 5.74) is 7.43. The van der Waals surface area contributed by atoms with Crippen LogP contribution in [0.5, 0.6) is 0 Å². The molecule has 0 fully saturated rings. The molecule has 1 heterocycles. The summed E-state index contributed by atoms with van der Waals surface area (Å²) in [7, 11) is 0. The van der Waals surface area contributed by atoms with Gasteiger partial charge in [-0.25, -0.2) is 0 Å². The minimum absolute atomic E-state index is 0.0501. The molecule has 0 aliphatic carbocycles. The van der Waals surface area contributed by atoms with Crippen LogP contribution in [0, 0.1) is 0 Å². The topological polar surface area (TPSA) is 48.0 Å². The van der Waals surface area contributed by atoms with E-state index < -0.39 is 0 Å². The van der Waals surface area contributed by atoms with Gasteiger partial charge in [-0.3, -0.25) is 4.79 Å². The van der Waals surface area contributed by atoms with E-state index in [4.69, 9.17) is 5.73 Å². The average molecular weight is 202 g/mol. The van der Waals surface area contributed by atoms with Crippen molar-refractivity contribution in [2.75, 3.05) is 5.73 Å². The Morgan fingerprint density at radius 3 is 2.80 bits per heavy atom. The molecular weight excluding hydrogens is 188 g/mol. The first kappa shape index (κ1) is 9.77. The van der Waals surface area contributed by atoms with Gasteiger partial charge in [0.05, 0.1) is 5.52 Å². The molecule has 1 aromatic heterocycles. The number of pyridine rings is 1. The molecule has 0 radical (unpaired) electrons. The minimum Gasteiger partial charge on any atom is -0.399 e. The van der Waals surface area contributed by atoms with Crippen LogP contribution < -0.4 is 11.3 Å². The number of aromatic nitrogens is 1. The molecular formula is C12H14N2O. The fraction of sp³-hybridized carbons (Fsp3) is 0.250. The van der Waals surface area contributed by atoms with E-state index in [-0.39, 0.29) is 5.56 Å². The first-order valence-corrected chi connectivity index (χ1v) is 5.11. The second-order valence-electron chi connectivity index (χ2n) is 3.64. The Morgan fingerprint density at radius 2 is 2.07 bits per heavy atom. The largest absolute Gasteiger partial charge is 0.399 e. The van der Waals surface area contributed by atoms with Gasteiger partial charge in [-0.1, -0.05) is 6.92 Å². The number of hydrogen-bond donors (Lipinski definition) is 1. The van der Waals surface area contributed by atoms with Crippen molar-refractivity contribution in [3.8, 4) is 0 Å². The van der Waals surface area contributed by atoms with E-state index >= 15 is 0 Å². The number of anilines is 1. The van der Waals surface area contributed by atoms with Crippen LogP contribution in [0.15, 0.2) is 35.1 Å². The van der Waals surface area contributed by atoms with Crippen LogP contribution in [0.3, 0.4) is 0 Å². The van der Waals surface area contributed by atoms with Crippen molar-refractivity contribution in [1.82, 2.24) is 4.57 Å². The molecule has 0 atom stereocenters. The Labute approximate surface area is 88.1 Å². The van der Waals surface area contributed by atoms with E-state index in [2.05, 4.69) is 6.92 Å². The van der Waals surface area contributed by atoms with Crippen LogP contribution in [0.25, 0.3) is 10.9 Å². The van der Waals surface area contributed by atoms with Crippen molar-refractivity contribution in [3.05, 3.63) is 40.7 Å². The fourth-order valence-corrected chi connectivity index (χ4v) is 1.78. The van der Waals surface area contributed by atoms with Gasteiger partial charge >= 0.3 is 0 Å². The lowest BCUT2D eigenvalue weighted by atomic mass is 10.2. The molecule has 0 aliphatic rings. The van der Waals surface area contributed by atoms with Gasteiger partial charge in [0.15, 0.2) is 0 Å². The number of fused-ring (bicyclic) bond motifs is 1. The minimum atomic E-state index is 0.0501. The SMILES string of the molecule is CCCn1c(=O)ccc2cc(N)ccc21. The summed E-state index contributed by atoms with van der Waals surface area (Å²) < 4.78 is 1.79. The highest BCUT2D eigenvalue weighted by molar-refractivity contribution is 5.82. The number of nitrogens with two attached hydrogens (primary N) is 1. The highest BCUT2D eigenvalue weighted by Crippen LogP contribution is 2.15. The third-order valence-corrected chi connectivity index (χ3v) is 2.46. The van der Waals surface area contributed by atoms with Crippen LogP contribution in [-0.4, -0.2) is 4.57 Å². The van der Waals surface area contributed by atoms with E-state index in [0.717, 1.165) is 29.6 Å². The summed E-state index contributed by atoms with van der Waals surface area (Å²) in [6.45, 7) is 2.81. The third kappa shape index (κ3) is 1.73. The van der Waals surface area contributed by atoms with Crippen molar-refractivity contribution < 1.29 is 0 Å². The maximum atomic E-state index is 11.6. The molecule has 2 rings (SSSR count). The van der Waals surface area contributed by atoms with Gasteiger partial charge in [0.2, 0.25) is 0 Å². The highest BCUT2D eigenvalue weighted by atomic mass is 16.1. The second-order valence-corrected chi connectivity index (χ2v) is 3.64. The lowest BCUT2D eigenvalue weighted by molar-refractivity contribution is 0.678. The molecule has 2 N–H and O–H groups in total. The average Bonchev–Trinajstić information content (AvgIpc) is 2.22. The second kappa shape index (κ2) is 3.77. The van der Waals surface area contributed by atoms with Gasteiger partial charge in [-0.2, -0.15) is 0 Å². The molecule has 0 spiro atoms. The number of nitrogen functional groups attached to an aromatic ring is 1. The number of benzene rings is 1. The maximum Gasteiger partial charge on any atom is 0.251 e. The standard InChI is InChI=1S/C12H14N2O/c1-2-7-14-11-5-4-10(13)8-9(11)3-6-12(14)15/h3-6,8H,2,7,13H2,1H3. The van der Waals surface area contributed by atoms with Gasteiger partial charge in [0, 0.05) is 23.7 Å². The monoisotopic (exact) mass is 202 g/mol. The maximum absolute atomic E-state index is 11.6. The molecule has 1 aromatic carbocycles. The number of aryl methyl sites for hydroxylation is 1. The smallest absolute Gasteiger partial charge is 0.251 e. The Bertz CT molecular complexity index is 543. The third-order valence-electron chi connectivity index (χ3n) is 2.46. The highest BCUT2D eigenvalue weighted by Gasteiger charge is 2.01. The fourth-order valence-electron chi connectivity index (χ4n) is 1.78. The predicted molar refractivity (Wildman–Crippen MR) is 62.9 cm³/mol. The molecule has 0 bridgehead atoms. The quantitative estimate of drug-likeness (QED) is 0.757. The Morgan fingerprint density at radius 1 is 1.27 bits per heavy atom. The van der Waals surface area contributed by atoms with Crippen molar-refractivity contribution in [1.29, 1.82) is 0 Å². The molecule has 78 valence electrons. The van der Waals surface area contributed by atoms with Crippen LogP contribution in [0.1, 0.15) is 13.3 Å². The van der Waals surface area contributed by atoms with Crippen molar-refractivity contribution in [2.45, 2.75) is 19.9 Å². The molecule has 15 heavy (non-hydrogen) atoms. The molecule has 0 aliphatic heterocycles. The molecule has 0 saturated carbocycles. The zero-order valence-corrected chi connectivity index (χ0v) is 8.73. The first-order valence-electron chi connectivity index (χ1n) is 5.11. The lowest BCUT2D eigenvalue weighted by Crippen LogP contribution is -2.18. The van der Waals surface area contributed by atoms with E-state index in [1.165, 1.54) is 0 Å². The zero-order chi connectivity index (χ0) is 10.8. The van der Waals surface area contributed by atoms with Gasteiger partial charge < -0.3 is 10.3 Å². The molecule has 3 nitrogen and oxygen atoms in total. The first-order chi connectivity index (χ1) is 7.22. The Kier molecular flexibility index (Phi) is 2.46. The molecule has 0 unspecified atom stereocenters. The van der Waals surface area contributed by atoms with Crippen molar-refractivity contribution >= 4 is 16.6 Å². The Balaban J connectivity index is 2.76. The van der Waals surface area contributed by atoms with E-state index in [1.54, 1.807) is 10.6 Å². The van der Waals surface area contributed by atoms with Crippen LogP contribution in [0.4, 0.5) is 5.69 Å². The zero-order valence-electron chi connectivity index (χ0n) is 8.73. The van der Waals surface area contributed by atoms with Crippen molar-refractivity contribution in [2.24, 2.45) is 0 Å². The Hall–Kier alpha value is -1.77. The van der Waals surface area contributed by atoms with E-state index in [9.17, 15) is 4.79 Å². The molecule has 2 aromatic rings. The summed E-state index contributed by atoms with van der Waals surface area (Å²) in [5.74, 6) is 0. The van der Waals surface area contributed by atoms with Gasteiger partial charge in [-0.05, 0) is 30.7 Å². The number of rotatable bonds is 2. The predicted octanol–water partition coefficient (Wildman–Crippen LogP) is 1.99. The van der Waals surface area contributed by atoms with Crippen LogP contribution in [-0.2, 0) is 6.54 Å². The normalized spacial score (nSPS) is 10.7. The van der Waals surface area contributed by atoms with Crippen LogP contribution >= 0.6 is 0 Å². The van der Waals surface area contributed by atoms with Crippen molar-refractivity contribution in [3.63, 3.8) is 0 Å².